The maximum Gasteiger partial charge on any atom is 0.347 e. The number of benzene rings is 3. The van der Waals surface area contributed by atoms with Crippen LogP contribution in [0.3, 0.4) is 0 Å². The Kier molecular flexibility index (Phi) is 7.42. The molecule has 0 spiro atoms. The second-order valence-electron chi connectivity index (χ2n) is 9.72. The third kappa shape index (κ3) is 5.41. The van der Waals surface area contributed by atoms with E-state index in [0.717, 1.165) is 35.9 Å². The monoisotopic (exact) mass is 536 g/mol. The standard InChI is InChI=1S/C29H27ClF2N4O2/c30-23-12-10-20(11-13-23)27-34-36(28(38)35(27)17-21-6-1-2-9-25(21)32)18-26(37)33-19-29(14-3-4-15-29)22-7-5-8-24(31)16-22/h1-2,5-13,16H,3-4,14-15,17-19H2,(H,33,37). The quantitative estimate of drug-likeness (QED) is 0.331. The first-order valence-corrected chi connectivity index (χ1v) is 12.9. The topological polar surface area (TPSA) is 68.9 Å². The lowest BCUT2D eigenvalue weighted by molar-refractivity contribution is -0.122. The molecule has 0 bridgehead atoms. The summed E-state index contributed by atoms with van der Waals surface area (Å²) in [6, 6.07) is 19.5. The van der Waals surface area contributed by atoms with Crippen molar-refractivity contribution in [1.29, 1.82) is 0 Å². The van der Waals surface area contributed by atoms with E-state index in [1.54, 1.807) is 48.5 Å². The van der Waals surface area contributed by atoms with Gasteiger partial charge in [0.2, 0.25) is 5.91 Å². The van der Waals surface area contributed by atoms with Gasteiger partial charge in [0.1, 0.15) is 18.2 Å². The Hall–Kier alpha value is -3.78. The first-order chi connectivity index (χ1) is 18.3. The molecule has 1 N–H and O–H groups in total. The zero-order valence-electron chi connectivity index (χ0n) is 20.7. The SMILES string of the molecule is O=C(Cn1nc(-c2ccc(Cl)cc2)n(Cc2ccccc2F)c1=O)NCC1(c2cccc(F)c2)CCCC1. The number of nitrogens with one attached hydrogen (secondary N) is 1. The fourth-order valence-electron chi connectivity index (χ4n) is 5.19. The molecule has 0 saturated heterocycles. The summed E-state index contributed by atoms with van der Waals surface area (Å²) in [4.78, 5) is 26.4. The lowest BCUT2D eigenvalue weighted by Gasteiger charge is -2.30. The number of carbonyl (C=O) groups is 1. The molecule has 0 unspecified atom stereocenters. The number of rotatable bonds is 8. The van der Waals surface area contributed by atoms with Gasteiger partial charge in [0.05, 0.1) is 6.54 Å². The fraction of sp³-hybridized carbons (Fsp3) is 0.276. The molecule has 0 aliphatic heterocycles. The van der Waals surface area contributed by atoms with Crippen LogP contribution in [-0.4, -0.2) is 26.8 Å². The van der Waals surface area contributed by atoms with Gasteiger partial charge in [0.15, 0.2) is 5.82 Å². The highest BCUT2D eigenvalue weighted by Crippen LogP contribution is 2.40. The van der Waals surface area contributed by atoms with E-state index in [-0.39, 0.29) is 30.2 Å². The molecular formula is C29H27ClF2N4O2. The van der Waals surface area contributed by atoms with Crippen molar-refractivity contribution in [2.75, 3.05) is 6.54 Å². The highest BCUT2D eigenvalue weighted by atomic mass is 35.5. The molecule has 1 aliphatic rings. The van der Waals surface area contributed by atoms with Gasteiger partial charge in [-0.2, -0.15) is 0 Å². The Morgan fingerprint density at radius 1 is 1.00 bits per heavy atom. The van der Waals surface area contributed by atoms with Crippen LogP contribution in [0, 0.1) is 11.6 Å². The molecule has 1 heterocycles. The van der Waals surface area contributed by atoms with Crippen LogP contribution in [0.25, 0.3) is 11.4 Å². The van der Waals surface area contributed by atoms with Gasteiger partial charge in [-0.3, -0.25) is 9.36 Å². The number of halogens is 3. The molecule has 1 aromatic heterocycles. The predicted molar refractivity (Wildman–Crippen MR) is 142 cm³/mol. The van der Waals surface area contributed by atoms with Crippen LogP contribution in [0.15, 0.2) is 77.6 Å². The molecule has 1 saturated carbocycles. The minimum Gasteiger partial charge on any atom is -0.354 e. The van der Waals surface area contributed by atoms with Crippen molar-refractivity contribution >= 4 is 17.5 Å². The van der Waals surface area contributed by atoms with Gasteiger partial charge in [0, 0.05) is 28.1 Å². The summed E-state index contributed by atoms with van der Waals surface area (Å²) in [5.74, 6) is -0.823. The highest BCUT2D eigenvalue weighted by molar-refractivity contribution is 6.30. The summed E-state index contributed by atoms with van der Waals surface area (Å²) in [5.41, 5.74) is 0.923. The molecule has 5 rings (SSSR count). The zero-order chi connectivity index (χ0) is 26.7. The van der Waals surface area contributed by atoms with Crippen molar-refractivity contribution < 1.29 is 13.6 Å². The second kappa shape index (κ2) is 10.9. The van der Waals surface area contributed by atoms with E-state index in [4.69, 9.17) is 11.6 Å². The minimum atomic E-state index is -0.533. The van der Waals surface area contributed by atoms with E-state index in [1.807, 2.05) is 6.07 Å². The van der Waals surface area contributed by atoms with E-state index in [0.29, 0.717) is 28.5 Å². The highest BCUT2D eigenvalue weighted by Gasteiger charge is 2.36. The number of hydrogen-bond donors (Lipinski definition) is 1. The van der Waals surface area contributed by atoms with E-state index in [2.05, 4.69) is 10.4 Å². The Balaban J connectivity index is 1.40. The average molecular weight is 537 g/mol. The van der Waals surface area contributed by atoms with Crippen molar-refractivity contribution in [1.82, 2.24) is 19.7 Å². The van der Waals surface area contributed by atoms with Gasteiger partial charge in [0.25, 0.3) is 0 Å². The molecule has 0 radical (unpaired) electrons. The lowest BCUT2D eigenvalue weighted by atomic mass is 9.78. The molecular weight excluding hydrogens is 510 g/mol. The summed E-state index contributed by atoms with van der Waals surface area (Å²) < 4.78 is 30.8. The van der Waals surface area contributed by atoms with Crippen LogP contribution >= 0.6 is 11.6 Å². The van der Waals surface area contributed by atoms with Crippen molar-refractivity contribution in [3.05, 3.63) is 111 Å². The largest absolute Gasteiger partial charge is 0.354 e. The Morgan fingerprint density at radius 3 is 2.45 bits per heavy atom. The smallest absolute Gasteiger partial charge is 0.347 e. The molecule has 6 nitrogen and oxygen atoms in total. The normalized spacial score (nSPS) is 14.5. The molecule has 9 heteroatoms. The second-order valence-corrected chi connectivity index (χ2v) is 10.2. The number of amides is 1. The first kappa shape index (κ1) is 25.9. The average Bonchev–Trinajstić information content (AvgIpc) is 3.51. The number of nitrogens with zero attached hydrogens (tertiary/aromatic N) is 3. The van der Waals surface area contributed by atoms with E-state index in [1.165, 1.54) is 22.8 Å². The van der Waals surface area contributed by atoms with Crippen LogP contribution in [0.4, 0.5) is 8.78 Å². The maximum atomic E-state index is 14.4. The summed E-state index contributed by atoms with van der Waals surface area (Å²) in [7, 11) is 0. The van der Waals surface area contributed by atoms with Gasteiger partial charge < -0.3 is 5.32 Å². The molecule has 196 valence electrons. The minimum absolute atomic E-state index is 0.0478. The van der Waals surface area contributed by atoms with Gasteiger partial charge >= 0.3 is 5.69 Å². The molecule has 4 aromatic rings. The summed E-state index contributed by atoms with van der Waals surface area (Å²) in [6.07, 6.45) is 3.68. The summed E-state index contributed by atoms with van der Waals surface area (Å²) in [5, 5.41) is 7.90. The van der Waals surface area contributed by atoms with Crippen molar-refractivity contribution in [2.24, 2.45) is 0 Å². The van der Waals surface area contributed by atoms with Crippen LogP contribution < -0.4 is 11.0 Å². The van der Waals surface area contributed by atoms with Gasteiger partial charge in [-0.15, -0.1) is 5.10 Å². The maximum absolute atomic E-state index is 14.4. The summed E-state index contributed by atoms with van der Waals surface area (Å²) in [6.45, 7) is -0.0132. The van der Waals surface area contributed by atoms with Crippen LogP contribution in [0.5, 0.6) is 0 Å². The summed E-state index contributed by atoms with van der Waals surface area (Å²) >= 11 is 6.03. The first-order valence-electron chi connectivity index (χ1n) is 12.5. The van der Waals surface area contributed by atoms with Gasteiger partial charge in [-0.05, 0) is 60.9 Å². The lowest BCUT2D eigenvalue weighted by Crippen LogP contribution is -2.41. The van der Waals surface area contributed by atoms with Crippen molar-refractivity contribution in [2.45, 2.75) is 44.2 Å². The molecule has 1 aliphatic carbocycles. The van der Waals surface area contributed by atoms with Crippen molar-refractivity contribution in [3.63, 3.8) is 0 Å². The van der Waals surface area contributed by atoms with Gasteiger partial charge in [-0.1, -0.05) is 54.8 Å². The fourth-order valence-corrected chi connectivity index (χ4v) is 5.32. The number of carbonyl (C=O) groups excluding carboxylic acids is 1. The van der Waals surface area contributed by atoms with E-state index < -0.39 is 11.5 Å². The Morgan fingerprint density at radius 2 is 1.74 bits per heavy atom. The third-order valence-electron chi connectivity index (χ3n) is 7.23. The number of hydrogen-bond acceptors (Lipinski definition) is 3. The molecule has 0 atom stereocenters. The number of aromatic nitrogens is 3. The zero-order valence-corrected chi connectivity index (χ0v) is 21.4. The molecule has 3 aromatic carbocycles. The van der Waals surface area contributed by atoms with Crippen LogP contribution in [0.2, 0.25) is 5.02 Å². The van der Waals surface area contributed by atoms with E-state index >= 15 is 0 Å². The third-order valence-corrected chi connectivity index (χ3v) is 7.48. The van der Waals surface area contributed by atoms with Crippen LogP contribution in [0.1, 0.15) is 36.8 Å². The molecule has 1 fully saturated rings. The predicted octanol–water partition coefficient (Wildman–Crippen LogP) is 5.32. The molecule has 1 amide bonds. The van der Waals surface area contributed by atoms with Gasteiger partial charge in [-0.25, -0.2) is 18.3 Å². The van der Waals surface area contributed by atoms with E-state index in [9.17, 15) is 18.4 Å². The molecule has 38 heavy (non-hydrogen) atoms. The van der Waals surface area contributed by atoms with Crippen LogP contribution in [-0.2, 0) is 23.3 Å². The Labute approximate surface area is 223 Å². The Bertz CT molecular complexity index is 1510. The van der Waals surface area contributed by atoms with Crippen molar-refractivity contribution in [3.8, 4) is 11.4 Å².